The van der Waals surface area contributed by atoms with Gasteiger partial charge in [0.2, 0.25) is 0 Å². The molecule has 0 saturated carbocycles. The quantitative estimate of drug-likeness (QED) is 0.800. The van der Waals surface area contributed by atoms with Crippen molar-refractivity contribution in [1.82, 2.24) is 4.90 Å². The number of carbonyl (C=O) groups is 1. The van der Waals surface area contributed by atoms with Gasteiger partial charge in [0.05, 0.1) is 6.61 Å². The zero-order valence-electron chi connectivity index (χ0n) is 15.8. The van der Waals surface area contributed by atoms with Crippen molar-refractivity contribution in [1.29, 1.82) is 0 Å². The Balaban J connectivity index is 2.25. The number of carbonyl (C=O) groups excluding carboxylic acids is 1. The molecule has 1 aromatic rings. The molecule has 0 radical (unpaired) electrons. The zero-order chi connectivity index (χ0) is 17.7. The Morgan fingerprint density at radius 1 is 1.38 bits per heavy atom. The highest BCUT2D eigenvalue weighted by Gasteiger charge is 2.31. The fourth-order valence-corrected chi connectivity index (χ4v) is 3.77. The third kappa shape index (κ3) is 4.03. The number of hydrogen-bond acceptors (Lipinski definition) is 3. The Morgan fingerprint density at radius 2 is 2.12 bits per heavy atom. The number of amides is 1. The van der Waals surface area contributed by atoms with Crippen LogP contribution >= 0.6 is 0 Å². The van der Waals surface area contributed by atoms with Crippen LogP contribution in [0.2, 0.25) is 0 Å². The second-order valence-corrected chi connectivity index (χ2v) is 6.93. The van der Waals surface area contributed by atoms with Crippen molar-refractivity contribution in [2.45, 2.75) is 46.5 Å². The normalized spacial score (nSPS) is 20.8. The predicted molar refractivity (Wildman–Crippen MR) is 99.9 cm³/mol. The summed E-state index contributed by atoms with van der Waals surface area (Å²) >= 11 is 0. The number of piperidine rings is 1. The minimum atomic E-state index is -0.175. The SMILES string of the molecule is CCCN(C)c1cccc(C2CN(C(=O)OCC)CCC2C)c1C. The second kappa shape index (κ2) is 8.41. The van der Waals surface area contributed by atoms with Gasteiger partial charge in [0.25, 0.3) is 0 Å². The molecule has 0 aliphatic carbocycles. The van der Waals surface area contributed by atoms with Gasteiger partial charge in [0.1, 0.15) is 0 Å². The Labute approximate surface area is 146 Å². The van der Waals surface area contributed by atoms with Crippen molar-refractivity contribution in [2.75, 3.05) is 38.2 Å². The molecule has 2 unspecified atom stereocenters. The summed E-state index contributed by atoms with van der Waals surface area (Å²) in [6.07, 6.45) is 1.99. The highest BCUT2D eigenvalue weighted by atomic mass is 16.6. The molecule has 24 heavy (non-hydrogen) atoms. The van der Waals surface area contributed by atoms with Gasteiger partial charge < -0.3 is 14.5 Å². The van der Waals surface area contributed by atoms with Gasteiger partial charge in [-0.05, 0) is 49.8 Å². The molecule has 1 aromatic carbocycles. The van der Waals surface area contributed by atoms with Gasteiger partial charge in [-0.2, -0.15) is 0 Å². The molecular formula is C20H32N2O2. The van der Waals surface area contributed by atoms with Crippen LogP contribution < -0.4 is 4.90 Å². The van der Waals surface area contributed by atoms with Gasteiger partial charge >= 0.3 is 6.09 Å². The van der Waals surface area contributed by atoms with Crippen molar-refractivity contribution >= 4 is 11.8 Å². The van der Waals surface area contributed by atoms with E-state index in [0.717, 1.165) is 32.5 Å². The Morgan fingerprint density at radius 3 is 2.79 bits per heavy atom. The van der Waals surface area contributed by atoms with Crippen LogP contribution in [0.1, 0.15) is 50.7 Å². The predicted octanol–water partition coefficient (Wildman–Crippen LogP) is 4.42. The summed E-state index contributed by atoms with van der Waals surface area (Å²) in [5.41, 5.74) is 4.02. The minimum absolute atomic E-state index is 0.175. The fourth-order valence-electron chi connectivity index (χ4n) is 3.77. The molecule has 2 rings (SSSR count). The van der Waals surface area contributed by atoms with Crippen LogP contribution in [-0.4, -0.2) is 44.3 Å². The highest BCUT2D eigenvalue weighted by Crippen LogP contribution is 2.36. The van der Waals surface area contributed by atoms with Crippen LogP contribution in [0.3, 0.4) is 0 Å². The summed E-state index contributed by atoms with van der Waals surface area (Å²) in [6, 6.07) is 6.58. The first-order chi connectivity index (χ1) is 11.5. The van der Waals surface area contributed by atoms with Gasteiger partial charge in [-0.25, -0.2) is 4.79 Å². The average molecular weight is 332 g/mol. The lowest BCUT2D eigenvalue weighted by Gasteiger charge is -2.38. The van der Waals surface area contributed by atoms with E-state index in [2.05, 4.69) is 50.9 Å². The first-order valence-electron chi connectivity index (χ1n) is 9.21. The molecule has 1 heterocycles. The summed E-state index contributed by atoms with van der Waals surface area (Å²) in [7, 11) is 2.16. The van der Waals surface area contributed by atoms with Crippen molar-refractivity contribution in [3.05, 3.63) is 29.3 Å². The molecule has 0 bridgehead atoms. The molecule has 134 valence electrons. The van der Waals surface area contributed by atoms with Gasteiger partial charge in [-0.1, -0.05) is 26.0 Å². The molecule has 0 aromatic heterocycles. The second-order valence-electron chi connectivity index (χ2n) is 6.93. The van der Waals surface area contributed by atoms with E-state index in [-0.39, 0.29) is 6.09 Å². The maximum atomic E-state index is 12.1. The number of rotatable bonds is 5. The lowest BCUT2D eigenvalue weighted by atomic mass is 9.80. The van der Waals surface area contributed by atoms with Gasteiger partial charge in [-0.15, -0.1) is 0 Å². The van der Waals surface area contributed by atoms with Crippen molar-refractivity contribution in [3.63, 3.8) is 0 Å². The molecule has 1 aliphatic heterocycles. The molecule has 4 nitrogen and oxygen atoms in total. The lowest BCUT2D eigenvalue weighted by molar-refractivity contribution is 0.0872. The van der Waals surface area contributed by atoms with E-state index >= 15 is 0 Å². The Bertz CT molecular complexity index is 559. The number of nitrogens with zero attached hydrogens (tertiary/aromatic N) is 2. The van der Waals surface area contributed by atoms with E-state index in [4.69, 9.17) is 4.74 Å². The molecule has 1 fully saturated rings. The Kier molecular flexibility index (Phi) is 6.52. The topological polar surface area (TPSA) is 32.8 Å². The van der Waals surface area contributed by atoms with Crippen LogP contribution in [0, 0.1) is 12.8 Å². The molecular weight excluding hydrogens is 300 g/mol. The smallest absolute Gasteiger partial charge is 0.409 e. The standard InChI is InChI=1S/C20H32N2O2/c1-6-12-21(5)19-10-8-9-17(16(19)4)18-14-22(13-11-15(18)3)20(23)24-7-2/h8-10,15,18H,6-7,11-14H2,1-5H3. The van der Waals surface area contributed by atoms with Crippen LogP contribution in [0.4, 0.5) is 10.5 Å². The van der Waals surface area contributed by atoms with E-state index < -0.39 is 0 Å². The van der Waals surface area contributed by atoms with E-state index in [1.54, 1.807) is 0 Å². The third-order valence-electron chi connectivity index (χ3n) is 5.20. The summed E-state index contributed by atoms with van der Waals surface area (Å²) in [5.74, 6) is 0.944. The molecule has 4 heteroatoms. The highest BCUT2D eigenvalue weighted by molar-refractivity contribution is 5.68. The molecule has 0 spiro atoms. The number of benzene rings is 1. The van der Waals surface area contributed by atoms with E-state index in [0.29, 0.717) is 18.4 Å². The van der Waals surface area contributed by atoms with Crippen LogP contribution in [0.25, 0.3) is 0 Å². The van der Waals surface area contributed by atoms with Gasteiger partial charge in [0, 0.05) is 38.3 Å². The number of likely N-dealkylation sites (tertiary alicyclic amines) is 1. The molecule has 1 aliphatic rings. The summed E-state index contributed by atoms with van der Waals surface area (Å²) in [5, 5.41) is 0. The van der Waals surface area contributed by atoms with E-state index in [9.17, 15) is 4.79 Å². The third-order valence-corrected chi connectivity index (χ3v) is 5.20. The minimum Gasteiger partial charge on any atom is -0.450 e. The van der Waals surface area contributed by atoms with E-state index in [1.807, 2.05) is 11.8 Å². The number of ether oxygens (including phenoxy) is 1. The summed E-state index contributed by atoms with van der Waals surface area (Å²) in [4.78, 5) is 16.3. The van der Waals surface area contributed by atoms with Crippen LogP contribution in [0.5, 0.6) is 0 Å². The molecule has 2 atom stereocenters. The maximum Gasteiger partial charge on any atom is 0.409 e. The first kappa shape index (κ1) is 18.6. The number of hydrogen-bond donors (Lipinski definition) is 0. The van der Waals surface area contributed by atoms with Crippen LogP contribution in [0.15, 0.2) is 18.2 Å². The average Bonchev–Trinajstić information content (AvgIpc) is 2.56. The monoisotopic (exact) mass is 332 g/mol. The van der Waals surface area contributed by atoms with Crippen molar-refractivity contribution < 1.29 is 9.53 Å². The number of anilines is 1. The molecule has 1 amide bonds. The zero-order valence-corrected chi connectivity index (χ0v) is 15.8. The maximum absolute atomic E-state index is 12.1. The lowest BCUT2D eigenvalue weighted by Crippen LogP contribution is -2.42. The molecule has 0 N–H and O–H groups in total. The van der Waals surface area contributed by atoms with E-state index in [1.165, 1.54) is 16.8 Å². The van der Waals surface area contributed by atoms with Crippen molar-refractivity contribution in [2.24, 2.45) is 5.92 Å². The van der Waals surface area contributed by atoms with Crippen molar-refractivity contribution in [3.8, 4) is 0 Å². The molecule has 1 saturated heterocycles. The summed E-state index contributed by atoms with van der Waals surface area (Å²) in [6.45, 7) is 11.6. The largest absolute Gasteiger partial charge is 0.450 e. The summed E-state index contributed by atoms with van der Waals surface area (Å²) < 4.78 is 5.20. The van der Waals surface area contributed by atoms with Gasteiger partial charge in [-0.3, -0.25) is 0 Å². The Hall–Kier alpha value is -1.71. The van der Waals surface area contributed by atoms with Crippen LogP contribution in [-0.2, 0) is 4.74 Å². The fraction of sp³-hybridized carbons (Fsp3) is 0.650. The first-order valence-corrected chi connectivity index (χ1v) is 9.21. The van der Waals surface area contributed by atoms with Gasteiger partial charge in [0.15, 0.2) is 0 Å².